The van der Waals surface area contributed by atoms with E-state index in [2.05, 4.69) is 22.9 Å². The van der Waals surface area contributed by atoms with Crippen LogP contribution >= 0.6 is 15.9 Å². The molecule has 17 heavy (non-hydrogen) atoms. The fraction of sp³-hybridized carbons (Fsp3) is 0.692. The normalized spacial score (nSPS) is 12.4. The van der Waals surface area contributed by atoms with Crippen LogP contribution in [0.15, 0.2) is 11.6 Å². The lowest BCUT2D eigenvalue weighted by Gasteiger charge is -2.20. The van der Waals surface area contributed by atoms with Gasteiger partial charge in [0.1, 0.15) is 5.60 Å². The first kappa shape index (κ1) is 16.4. The number of alkyl halides is 1. The topological polar surface area (TPSA) is 43.4 Å². The summed E-state index contributed by atoms with van der Waals surface area (Å²) in [6, 6.07) is 0. The van der Waals surface area contributed by atoms with Crippen molar-refractivity contribution < 1.29 is 14.3 Å². The van der Waals surface area contributed by atoms with E-state index in [1.807, 2.05) is 0 Å². The summed E-state index contributed by atoms with van der Waals surface area (Å²) in [6.07, 6.45) is 4.40. The molecule has 0 rings (SSSR count). The molecular weight excluding hydrogens is 284 g/mol. The molecule has 0 atom stereocenters. The zero-order chi connectivity index (χ0) is 13.5. The number of Topliss-reactive ketones (excluding diaryl/α,β-unsaturated/α-hetero) is 1. The van der Waals surface area contributed by atoms with Crippen LogP contribution in [0.25, 0.3) is 0 Å². The van der Waals surface area contributed by atoms with Crippen LogP contribution in [0.2, 0.25) is 0 Å². The molecule has 0 aromatic carbocycles. The number of carbonyl (C=O) groups excluding carboxylic acids is 2. The van der Waals surface area contributed by atoms with Crippen molar-refractivity contribution in [2.24, 2.45) is 0 Å². The van der Waals surface area contributed by atoms with Gasteiger partial charge in [0.15, 0.2) is 5.78 Å². The summed E-state index contributed by atoms with van der Waals surface area (Å²) in [5.41, 5.74) is -0.418. The van der Waals surface area contributed by atoms with E-state index < -0.39 is 11.6 Å². The molecule has 0 saturated heterocycles. The van der Waals surface area contributed by atoms with E-state index in [1.165, 1.54) is 0 Å². The number of rotatable bonds is 6. The van der Waals surface area contributed by atoms with Gasteiger partial charge in [-0.05, 0) is 27.2 Å². The Balaban J connectivity index is 4.74. The number of halogens is 1. The molecule has 0 saturated carbocycles. The number of hydrogen-bond acceptors (Lipinski definition) is 3. The third-order valence-corrected chi connectivity index (χ3v) is 2.46. The molecule has 98 valence electrons. The summed E-state index contributed by atoms with van der Waals surface area (Å²) >= 11 is 3.07. The maximum Gasteiger partial charge on any atom is 0.341 e. The van der Waals surface area contributed by atoms with Crippen molar-refractivity contribution in [2.45, 2.75) is 52.6 Å². The van der Waals surface area contributed by atoms with Crippen LogP contribution in [0.1, 0.15) is 47.0 Å². The van der Waals surface area contributed by atoms with Crippen LogP contribution in [-0.2, 0) is 14.3 Å². The van der Waals surface area contributed by atoms with Gasteiger partial charge in [0, 0.05) is 0 Å². The molecule has 0 aliphatic heterocycles. The van der Waals surface area contributed by atoms with Gasteiger partial charge in [0.05, 0.1) is 10.9 Å². The Morgan fingerprint density at radius 3 is 2.29 bits per heavy atom. The number of allylic oxidation sites excluding steroid dienone is 1. The fourth-order valence-corrected chi connectivity index (χ4v) is 1.47. The number of ketones is 1. The van der Waals surface area contributed by atoms with E-state index in [0.29, 0.717) is 0 Å². The van der Waals surface area contributed by atoms with Crippen molar-refractivity contribution in [3.63, 3.8) is 0 Å². The zero-order valence-electron chi connectivity index (χ0n) is 11.0. The third kappa shape index (κ3) is 7.31. The summed E-state index contributed by atoms with van der Waals surface area (Å²) in [5, 5.41) is 0.143. The Morgan fingerprint density at radius 2 is 1.88 bits per heavy atom. The van der Waals surface area contributed by atoms with Crippen molar-refractivity contribution in [1.82, 2.24) is 0 Å². The Labute approximate surface area is 112 Å². The molecule has 0 fully saturated rings. The predicted octanol–water partition coefficient (Wildman–Crippen LogP) is 3.41. The first-order valence-corrected chi connectivity index (χ1v) is 6.96. The molecule has 0 amide bonds. The van der Waals surface area contributed by atoms with Gasteiger partial charge < -0.3 is 4.74 Å². The molecule has 0 bridgehead atoms. The molecule has 0 N–H and O–H groups in total. The number of ether oxygens (including phenoxy) is 1. The Hall–Kier alpha value is -0.640. The zero-order valence-corrected chi connectivity index (χ0v) is 12.6. The Bertz CT molecular complexity index is 300. The van der Waals surface area contributed by atoms with Gasteiger partial charge in [-0.2, -0.15) is 0 Å². The van der Waals surface area contributed by atoms with E-state index in [1.54, 1.807) is 26.8 Å². The van der Waals surface area contributed by atoms with Crippen molar-refractivity contribution in [3.05, 3.63) is 11.6 Å². The summed E-state index contributed by atoms with van der Waals surface area (Å²) in [4.78, 5) is 23.4. The molecule has 4 heteroatoms. The van der Waals surface area contributed by atoms with Crippen molar-refractivity contribution in [3.8, 4) is 0 Å². The molecule has 0 aliphatic carbocycles. The number of unbranched alkanes of at least 4 members (excludes halogenated alkanes) is 2. The second-order valence-corrected chi connectivity index (χ2v) is 5.38. The highest BCUT2D eigenvalue weighted by Crippen LogP contribution is 2.13. The molecule has 0 aromatic rings. The van der Waals surface area contributed by atoms with Crippen LogP contribution in [0.5, 0.6) is 0 Å². The summed E-state index contributed by atoms with van der Waals surface area (Å²) in [5.74, 6) is -0.756. The minimum atomic E-state index is -0.576. The molecule has 0 radical (unpaired) electrons. The second kappa shape index (κ2) is 7.64. The van der Waals surface area contributed by atoms with Gasteiger partial charge in [0.25, 0.3) is 0 Å². The Morgan fingerprint density at radius 1 is 1.29 bits per heavy atom. The van der Waals surface area contributed by atoms with Crippen LogP contribution in [0, 0.1) is 0 Å². The van der Waals surface area contributed by atoms with E-state index in [4.69, 9.17) is 4.74 Å². The number of esters is 1. The van der Waals surface area contributed by atoms with Crippen LogP contribution in [0.4, 0.5) is 0 Å². The molecule has 0 aliphatic rings. The van der Waals surface area contributed by atoms with Gasteiger partial charge in [0.2, 0.25) is 0 Å². The second-order valence-electron chi connectivity index (χ2n) is 4.82. The van der Waals surface area contributed by atoms with Crippen molar-refractivity contribution in [1.29, 1.82) is 0 Å². The smallest absolute Gasteiger partial charge is 0.341 e. The van der Waals surface area contributed by atoms with Gasteiger partial charge in [-0.25, -0.2) is 4.79 Å². The SMILES string of the molecule is CCCC/C=C(\C(=O)CBr)C(=O)OC(C)(C)C. The predicted molar refractivity (Wildman–Crippen MR) is 72.3 cm³/mol. The highest BCUT2D eigenvalue weighted by atomic mass is 79.9. The summed E-state index contributed by atoms with van der Waals surface area (Å²) in [6.45, 7) is 7.42. The van der Waals surface area contributed by atoms with Crippen molar-refractivity contribution in [2.75, 3.05) is 5.33 Å². The van der Waals surface area contributed by atoms with Gasteiger partial charge in [-0.1, -0.05) is 41.8 Å². The van der Waals surface area contributed by atoms with Gasteiger partial charge in [-0.3, -0.25) is 4.79 Å². The molecule has 0 unspecified atom stereocenters. The first-order valence-electron chi connectivity index (χ1n) is 5.84. The van der Waals surface area contributed by atoms with Crippen LogP contribution in [-0.4, -0.2) is 22.7 Å². The maximum atomic E-state index is 11.8. The molecule has 0 aromatic heterocycles. The molecular formula is C13H21BrO3. The van der Waals surface area contributed by atoms with Crippen LogP contribution in [0.3, 0.4) is 0 Å². The maximum absolute atomic E-state index is 11.8. The van der Waals surface area contributed by atoms with E-state index in [-0.39, 0.29) is 16.7 Å². The van der Waals surface area contributed by atoms with Gasteiger partial charge >= 0.3 is 5.97 Å². The van der Waals surface area contributed by atoms with Crippen LogP contribution < -0.4 is 0 Å². The number of hydrogen-bond donors (Lipinski definition) is 0. The molecule has 3 nitrogen and oxygen atoms in total. The monoisotopic (exact) mass is 304 g/mol. The average molecular weight is 305 g/mol. The minimum Gasteiger partial charge on any atom is -0.456 e. The quantitative estimate of drug-likeness (QED) is 0.189. The lowest BCUT2D eigenvalue weighted by atomic mass is 10.1. The van der Waals surface area contributed by atoms with Gasteiger partial charge in [-0.15, -0.1) is 0 Å². The van der Waals surface area contributed by atoms with Crippen molar-refractivity contribution >= 4 is 27.7 Å². The fourth-order valence-electron chi connectivity index (χ4n) is 1.17. The molecule has 0 spiro atoms. The van der Waals surface area contributed by atoms with E-state index in [9.17, 15) is 9.59 Å². The standard InChI is InChI=1S/C13H21BrO3/c1-5-6-7-8-10(11(15)9-14)12(16)17-13(2,3)4/h8H,5-7,9H2,1-4H3/b10-8+. The number of carbonyl (C=O) groups is 2. The third-order valence-electron chi connectivity index (χ3n) is 1.95. The summed E-state index contributed by atoms with van der Waals surface area (Å²) in [7, 11) is 0. The summed E-state index contributed by atoms with van der Waals surface area (Å²) < 4.78 is 5.20. The lowest BCUT2D eigenvalue weighted by Crippen LogP contribution is -2.27. The van der Waals surface area contributed by atoms with E-state index >= 15 is 0 Å². The largest absolute Gasteiger partial charge is 0.456 e. The highest BCUT2D eigenvalue weighted by Gasteiger charge is 2.23. The lowest BCUT2D eigenvalue weighted by molar-refractivity contribution is -0.150. The highest BCUT2D eigenvalue weighted by molar-refractivity contribution is 9.09. The van der Waals surface area contributed by atoms with E-state index in [0.717, 1.165) is 19.3 Å². The minimum absolute atomic E-state index is 0.143. The molecule has 0 heterocycles. The average Bonchev–Trinajstić information content (AvgIpc) is 2.20. The Kier molecular flexibility index (Phi) is 7.35. The first-order chi connectivity index (χ1) is 7.81.